The normalized spacial score (nSPS) is 20.3. The van der Waals surface area contributed by atoms with Crippen molar-refractivity contribution < 1.29 is 9.90 Å². The first-order valence-corrected chi connectivity index (χ1v) is 10.7. The molecule has 1 saturated carbocycles. The van der Waals surface area contributed by atoms with Crippen LogP contribution in [0.15, 0.2) is 16.9 Å². The zero-order chi connectivity index (χ0) is 20.0. The van der Waals surface area contributed by atoms with E-state index in [0.29, 0.717) is 22.1 Å². The topological polar surface area (TPSA) is 88.6 Å². The molecule has 1 aliphatic rings. The van der Waals surface area contributed by atoms with E-state index in [4.69, 9.17) is 11.6 Å². The number of carbonyl (C=O) groups excluding carboxylic acids is 1. The van der Waals surface area contributed by atoms with Crippen molar-refractivity contribution in [2.75, 3.05) is 0 Å². The molecule has 3 aromatic rings. The minimum absolute atomic E-state index is 0.0546. The summed E-state index contributed by atoms with van der Waals surface area (Å²) in [6.45, 7) is 3.86. The summed E-state index contributed by atoms with van der Waals surface area (Å²) in [6, 6.07) is 3.60. The lowest BCUT2D eigenvalue weighted by atomic mass is 9.93. The van der Waals surface area contributed by atoms with Gasteiger partial charge >= 0.3 is 0 Å². The zero-order valence-electron chi connectivity index (χ0n) is 15.8. The van der Waals surface area contributed by atoms with Gasteiger partial charge in [-0.25, -0.2) is 4.68 Å². The van der Waals surface area contributed by atoms with E-state index in [1.807, 2.05) is 30.4 Å². The maximum atomic E-state index is 13.0. The van der Waals surface area contributed by atoms with E-state index in [-0.39, 0.29) is 36.1 Å². The Morgan fingerprint density at radius 3 is 2.89 bits per heavy atom. The fourth-order valence-electron chi connectivity index (χ4n) is 3.90. The van der Waals surface area contributed by atoms with E-state index >= 15 is 0 Å². The first kappa shape index (κ1) is 19.4. The van der Waals surface area contributed by atoms with Crippen LogP contribution in [0.3, 0.4) is 0 Å². The van der Waals surface area contributed by atoms with E-state index in [2.05, 4.69) is 10.4 Å². The fraction of sp³-hybridized carbons (Fsp3) is 0.526. The van der Waals surface area contributed by atoms with E-state index in [1.165, 1.54) is 16.0 Å². The molecule has 7 nitrogen and oxygen atoms in total. The van der Waals surface area contributed by atoms with Gasteiger partial charge in [-0.3, -0.25) is 14.0 Å². The molecule has 150 valence electrons. The lowest BCUT2D eigenvalue weighted by Gasteiger charge is -2.26. The highest BCUT2D eigenvalue weighted by molar-refractivity contribution is 7.22. The number of aliphatic hydroxyl groups excluding tert-OH is 1. The number of carbonyl (C=O) groups is 1. The fourth-order valence-corrected chi connectivity index (χ4v) is 5.06. The molecule has 0 unspecified atom stereocenters. The molecule has 0 spiro atoms. The Morgan fingerprint density at radius 2 is 2.18 bits per heavy atom. The molecule has 2 atom stereocenters. The molecule has 0 aliphatic heterocycles. The largest absolute Gasteiger partial charge is 0.393 e. The SMILES string of the molecule is CC(C)c1nn(CC(=O)N[C@@H]2CCC[C@@H](O)C2)c(=O)c2cc3sc(Cl)cc3n12. The molecule has 3 heterocycles. The number of nitrogens with one attached hydrogen (secondary N) is 1. The first-order chi connectivity index (χ1) is 13.3. The molecular weight excluding hydrogens is 400 g/mol. The average molecular weight is 423 g/mol. The van der Waals surface area contributed by atoms with Gasteiger partial charge in [-0.15, -0.1) is 11.3 Å². The molecule has 0 aromatic carbocycles. The van der Waals surface area contributed by atoms with Crippen LogP contribution in [0.2, 0.25) is 4.34 Å². The van der Waals surface area contributed by atoms with Gasteiger partial charge in [0.25, 0.3) is 5.56 Å². The van der Waals surface area contributed by atoms with Gasteiger partial charge in [0.05, 0.1) is 20.7 Å². The van der Waals surface area contributed by atoms with Crippen LogP contribution in [0.25, 0.3) is 15.7 Å². The predicted molar refractivity (Wildman–Crippen MR) is 110 cm³/mol. The molecule has 4 rings (SSSR count). The van der Waals surface area contributed by atoms with Gasteiger partial charge in [-0.2, -0.15) is 5.10 Å². The van der Waals surface area contributed by atoms with Crippen LogP contribution in [0, 0.1) is 0 Å². The molecule has 28 heavy (non-hydrogen) atoms. The van der Waals surface area contributed by atoms with Crippen LogP contribution < -0.4 is 10.9 Å². The molecule has 9 heteroatoms. The Morgan fingerprint density at radius 1 is 1.39 bits per heavy atom. The predicted octanol–water partition coefficient (Wildman–Crippen LogP) is 2.91. The molecule has 0 radical (unpaired) electrons. The van der Waals surface area contributed by atoms with E-state index in [1.54, 1.807) is 0 Å². The smallest absolute Gasteiger partial charge is 0.291 e. The van der Waals surface area contributed by atoms with Crippen molar-refractivity contribution in [1.29, 1.82) is 0 Å². The van der Waals surface area contributed by atoms with Gasteiger partial charge in [0.2, 0.25) is 5.91 Å². The minimum atomic E-state index is -0.371. The van der Waals surface area contributed by atoms with Crippen molar-refractivity contribution in [2.24, 2.45) is 0 Å². The number of amides is 1. The van der Waals surface area contributed by atoms with E-state index in [9.17, 15) is 14.7 Å². The van der Waals surface area contributed by atoms with Gasteiger partial charge in [0.1, 0.15) is 17.9 Å². The number of rotatable bonds is 4. The summed E-state index contributed by atoms with van der Waals surface area (Å²) < 4.78 is 4.66. The third kappa shape index (κ3) is 3.56. The average Bonchev–Trinajstić information content (AvgIpc) is 3.13. The monoisotopic (exact) mass is 422 g/mol. The maximum Gasteiger partial charge on any atom is 0.291 e. The van der Waals surface area contributed by atoms with Gasteiger partial charge in [-0.05, 0) is 37.8 Å². The molecule has 1 amide bonds. The second-order valence-corrected chi connectivity index (χ2v) is 9.44. The number of hydrogen-bond acceptors (Lipinski definition) is 5. The van der Waals surface area contributed by atoms with Crippen LogP contribution in [0.4, 0.5) is 0 Å². The number of hydrogen-bond donors (Lipinski definition) is 2. The van der Waals surface area contributed by atoms with E-state index < -0.39 is 0 Å². The van der Waals surface area contributed by atoms with Gasteiger partial charge in [0, 0.05) is 12.0 Å². The first-order valence-electron chi connectivity index (χ1n) is 9.52. The number of halogens is 1. The minimum Gasteiger partial charge on any atom is -0.393 e. The molecule has 0 bridgehead atoms. The zero-order valence-corrected chi connectivity index (χ0v) is 17.4. The molecule has 1 aliphatic carbocycles. The highest BCUT2D eigenvalue weighted by Crippen LogP contribution is 2.32. The molecular formula is C19H23ClN4O3S. The molecule has 0 saturated heterocycles. The number of fused-ring (bicyclic) bond motifs is 3. The second kappa shape index (κ2) is 7.50. The number of nitrogens with zero attached hydrogens (tertiary/aromatic N) is 3. The Bertz CT molecular complexity index is 1100. The van der Waals surface area contributed by atoms with Gasteiger partial charge in [-0.1, -0.05) is 25.4 Å². The summed E-state index contributed by atoms with van der Waals surface area (Å²) in [5, 5.41) is 17.2. The summed E-state index contributed by atoms with van der Waals surface area (Å²) in [6.07, 6.45) is 2.69. The highest BCUT2D eigenvalue weighted by Gasteiger charge is 2.23. The summed E-state index contributed by atoms with van der Waals surface area (Å²) in [5.41, 5.74) is 1.06. The van der Waals surface area contributed by atoms with Crippen molar-refractivity contribution in [1.82, 2.24) is 19.5 Å². The number of aromatic nitrogens is 3. The number of aliphatic hydroxyl groups is 1. The lowest BCUT2D eigenvalue weighted by molar-refractivity contribution is -0.123. The second-order valence-electron chi connectivity index (χ2n) is 7.73. The van der Waals surface area contributed by atoms with E-state index in [0.717, 1.165) is 29.5 Å². The van der Waals surface area contributed by atoms with Crippen molar-refractivity contribution in [2.45, 2.75) is 64.1 Å². The Labute approximate surface area is 170 Å². The summed E-state index contributed by atoms with van der Waals surface area (Å²) >= 11 is 7.55. The Hall–Kier alpha value is -1.90. The quantitative estimate of drug-likeness (QED) is 0.676. The maximum absolute atomic E-state index is 13.0. The van der Waals surface area contributed by atoms with Crippen LogP contribution in [-0.4, -0.2) is 37.3 Å². The molecule has 3 aromatic heterocycles. The standard InChI is InChI=1S/C19H23ClN4O3S/c1-10(2)18-22-23(9-17(26)21-11-4-3-5-12(25)6-11)19(27)14-7-15-13(24(14)18)8-16(20)28-15/h7-8,10-12,25H,3-6,9H2,1-2H3,(H,21,26)/t11-,12-/m1/s1. The summed E-state index contributed by atoms with van der Waals surface area (Å²) in [7, 11) is 0. The van der Waals surface area contributed by atoms with Gasteiger partial charge < -0.3 is 10.4 Å². The lowest BCUT2D eigenvalue weighted by Crippen LogP contribution is -2.43. The van der Waals surface area contributed by atoms with Crippen LogP contribution in [0.5, 0.6) is 0 Å². The van der Waals surface area contributed by atoms with Crippen molar-refractivity contribution >= 4 is 44.6 Å². The third-order valence-corrected chi connectivity index (χ3v) is 6.39. The highest BCUT2D eigenvalue weighted by atomic mass is 35.5. The van der Waals surface area contributed by atoms with Crippen molar-refractivity contribution in [3.8, 4) is 0 Å². The van der Waals surface area contributed by atoms with Crippen LogP contribution in [-0.2, 0) is 11.3 Å². The van der Waals surface area contributed by atoms with Crippen molar-refractivity contribution in [3.05, 3.63) is 32.6 Å². The third-order valence-electron chi connectivity index (χ3n) is 5.19. The van der Waals surface area contributed by atoms with Crippen molar-refractivity contribution in [3.63, 3.8) is 0 Å². The summed E-state index contributed by atoms with van der Waals surface area (Å²) in [4.78, 5) is 25.5. The van der Waals surface area contributed by atoms with Crippen LogP contribution >= 0.6 is 22.9 Å². The van der Waals surface area contributed by atoms with Gasteiger partial charge in [0.15, 0.2) is 0 Å². The number of thiophene rings is 1. The Balaban J connectivity index is 1.68. The molecule has 1 fully saturated rings. The Kier molecular flexibility index (Phi) is 5.20. The van der Waals surface area contributed by atoms with Crippen LogP contribution in [0.1, 0.15) is 51.3 Å². The summed E-state index contributed by atoms with van der Waals surface area (Å²) in [5.74, 6) is 0.504. The molecule has 2 N–H and O–H groups in total.